The summed E-state index contributed by atoms with van der Waals surface area (Å²) in [6, 6.07) is 0.865. The van der Waals surface area contributed by atoms with Crippen molar-refractivity contribution in [3.8, 4) is 0 Å². The van der Waals surface area contributed by atoms with Gasteiger partial charge in [0, 0.05) is 6.04 Å². The summed E-state index contributed by atoms with van der Waals surface area (Å²) < 4.78 is 0. The van der Waals surface area contributed by atoms with E-state index in [4.69, 9.17) is 0 Å². The lowest BCUT2D eigenvalue weighted by Crippen LogP contribution is -2.44. The second-order valence-electron chi connectivity index (χ2n) is 5.17. The van der Waals surface area contributed by atoms with Crippen LogP contribution in [0.4, 0.5) is 0 Å². The molecule has 2 rings (SSSR count). The molecule has 3 unspecified atom stereocenters. The first-order valence-electron chi connectivity index (χ1n) is 6.29. The Morgan fingerprint density at radius 3 is 2.62 bits per heavy atom. The van der Waals surface area contributed by atoms with Gasteiger partial charge in [-0.05, 0) is 31.6 Å². The molecule has 4 heteroatoms. The maximum Gasteiger partial charge on any atom is 0.141 e. The first-order chi connectivity index (χ1) is 7.68. The highest BCUT2D eigenvalue weighted by Crippen LogP contribution is 2.30. The predicted octanol–water partition coefficient (Wildman–Crippen LogP) is 2.28. The molecule has 1 aromatic rings. The molecule has 16 heavy (non-hydrogen) atoms. The van der Waals surface area contributed by atoms with Crippen molar-refractivity contribution in [1.82, 2.24) is 20.5 Å². The average Bonchev–Trinajstić information content (AvgIpc) is 2.76. The molecule has 1 aliphatic rings. The Morgan fingerprint density at radius 1 is 1.38 bits per heavy atom. The third-order valence-corrected chi connectivity index (χ3v) is 3.83. The van der Waals surface area contributed by atoms with E-state index in [2.05, 4.69) is 41.3 Å². The quantitative estimate of drug-likeness (QED) is 0.825. The van der Waals surface area contributed by atoms with Crippen LogP contribution in [-0.2, 0) is 0 Å². The molecular weight excluding hydrogens is 200 g/mol. The fraction of sp³-hybridized carbons (Fsp3) is 0.833. The van der Waals surface area contributed by atoms with Crippen LogP contribution < -0.4 is 5.32 Å². The number of hydrogen-bond donors (Lipinski definition) is 2. The molecule has 90 valence electrons. The van der Waals surface area contributed by atoms with E-state index >= 15 is 0 Å². The first kappa shape index (κ1) is 11.6. The SMILES string of the molecule is CC(NC1C(C)CCCC1C)c1ncn[nH]1. The van der Waals surface area contributed by atoms with Gasteiger partial charge in [0.1, 0.15) is 12.2 Å². The van der Waals surface area contributed by atoms with Gasteiger partial charge >= 0.3 is 0 Å². The standard InChI is InChI=1S/C12H22N4/c1-8-5-4-6-9(2)11(8)15-10(3)12-13-7-14-16-12/h7-11,15H,4-6H2,1-3H3,(H,13,14,16). The van der Waals surface area contributed by atoms with E-state index in [0.717, 1.165) is 17.7 Å². The third kappa shape index (κ3) is 2.43. The maximum atomic E-state index is 4.20. The second kappa shape index (κ2) is 4.95. The lowest BCUT2D eigenvalue weighted by molar-refractivity contribution is 0.194. The van der Waals surface area contributed by atoms with E-state index in [-0.39, 0.29) is 6.04 Å². The summed E-state index contributed by atoms with van der Waals surface area (Å²) in [5, 5.41) is 10.5. The molecule has 3 atom stereocenters. The van der Waals surface area contributed by atoms with Crippen LogP contribution in [0.15, 0.2) is 6.33 Å². The zero-order valence-electron chi connectivity index (χ0n) is 10.4. The molecule has 0 radical (unpaired) electrons. The van der Waals surface area contributed by atoms with Crippen LogP contribution in [0, 0.1) is 11.8 Å². The summed E-state index contributed by atoms with van der Waals surface area (Å²) in [5.41, 5.74) is 0. The zero-order chi connectivity index (χ0) is 11.5. The molecule has 1 aromatic heterocycles. The highest BCUT2D eigenvalue weighted by molar-refractivity contribution is 4.93. The van der Waals surface area contributed by atoms with Gasteiger partial charge in [-0.1, -0.05) is 20.3 Å². The summed E-state index contributed by atoms with van der Waals surface area (Å²) >= 11 is 0. The number of nitrogens with zero attached hydrogens (tertiary/aromatic N) is 2. The minimum atomic E-state index is 0.260. The Balaban J connectivity index is 1.97. The number of aromatic nitrogens is 3. The zero-order valence-corrected chi connectivity index (χ0v) is 10.4. The number of aromatic amines is 1. The minimum absolute atomic E-state index is 0.260. The van der Waals surface area contributed by atoms with Crippen molar-refractivity contribution < 1.29 is 0 Å². The van der Waals surface area contributed by atoms with Gasteiger partial charge in [-0.3, -0.25) is 5.10 Å². The number of H-pyrrole nitrogens is 1. The Hall–Kier alpha value is -0.900. The Labute approximate surface area is 97.2 Å². The maximum absolute atomic E-state index is 4.20. The van der Waals surface area contributed by atoms with Crippen molar-refractivity contribution in [2.75, 3.05) is 0 Å². The summed E-state index contributed by atoms with van der Waals surface area (Å²) in [5.74, 6) is 2.45. The van der Waals surface area contributed by atoms with Gasteiger partial charge in [0.2, 0.25) is 0 Å². The highest BCUT2D eigenvalue weighted by Gasteiger charge is 2.29. The molecule has 1 aliphatic carbocycles. The van der Waals surface area contributed by atoms with Crippen molar-refractivity contribution in [2.45, 2.75) is 52.1 Å². The van der Waals surface area contributed by atoms with E-state index < -0.39 is 0 Å². The van der Waals surface area contributed by atoms with Crippen molar-refractivity contribution in [1.29, 1.82) is 0 Å². The van der Waals surface area contributed by atoms with Gasteiger partial charge in [-0.15, -0.1) is 0 Å². The smallest absolute Gasteiger partial charge is 0.141 e. The summed E-state index contributed by atoms with van der Waals surface area (Å²) in [4.78, 5) is 4.20. The van der Waals surface area contributed by atoms with Crippen LogP contribution >= 0.6 is 0 Å². The Bertz CT molecular complexity index is 299. The predicted molar refractivity (Wildman–Crippen MR) is 63.9 cm³/mol. The summed E-state index contributed by atoms with van der Waals surface area (Å²) in [6.45, 7) is 6.84. The van der Waals surface area contributed by atoms with Gasteiger partial charge in [0.25, 0.3) is 0 Å². The van der Waals surface area contributed by atoms with E-state index in [1.54, 1.807) is 6.33 Å². The van der Waals surface area contributed by atoms with E-state index in [0.29, 0.717) is 6.04 Å². The van der Waals surface area contributed by atoms with Crippen molar-refractivity contribution in [3.05, 3.63) is 12.2 Å². The van der Waals surface area contributed by atoms with Crippen LogP contribution in [-0.4, -0.2) is 21.2 Å². The molecule has 0 aliphatic heterocycles. The van der Waals surface area contributed by atoms with Gasteiger partial charge in [0.15, 0.2) is 0 Å². The third-order valence-electron chi connectivity index (χ3n) is 3.83. The minimum Gasteiger partial charge on any atom is -0.304 e. The molecule has 1 heterocycles. The lowest BCUT2D eigenvalue weighted by Gasteiger charge is -2.36. The van der Waals surface area contributed by atoms with Crippen LogP contribution in [0.25, 0.3) is 0 Å². The molecule has 1 saturated carbocycles. The molecule has 4 nitrogen and oxygen atoms in total. The van der Waals surface area contributed by atoms with E-state index in [9.17, 15) is 0 Å². The largest absolute Gasteiger partial charge is 0.304 e. The Kier molecular flexibility index (Phi) is 3.59. The number of nitrogens with one attached hydrogen (secondary N) is 2. The molecular formula is C12H22N4. The number of rotatable bonds is 3. The van der Waals surface area contributed by atoms with Crippen molar-refractivity contribution in [3.63, 3.8) is 0 Å². The van der Waals surface area contributed by atoms with Crippen molar-refractivity contribution >= 4 is 0 Å². The van der Waals surface area contributed by atoms with Gasteiger partial charge in [-0.25, -0.2) is 4.98 Å². The lowest BCUT2D eigenvalue weighted by atomic mass is 9.78. The molecule has 1 fully saturated rings. The van der Waals surface area contributed by atoms with Crippen LogP contribution in [0.5, 0.6) is 0 Å². The molecule has 0 saturated heterocycles. The summed E-state index contributed by atoms with van der Waals surface area (Å²) in [7, 11) is 0. The second-order valence-corrected chi connectivity index (χ2v) is 5.17. The fourth-order valence-electron chi connectivity index (χ4n) is 2.80. The van der Waals surface area contributed by atoms with Crippen LogP contribution in [0.1, 0.15) is 51.9 Å². The monoisotopic (exact) mass is 222 g/mol. The van der Waals surface area contributed by atoms with Gasteiger partial charge < -0.3 is 5.32 Å². The molecule has 0 aromatic carbocycles. The molecule has 0 amide bonds. The van der Waals surface area contributed by atoms with E-state index in [1.807, 2.05) is 0 Å². The first-order valence-corrected chi connectivity index (χ1v) is 6.29. The van der Waals surface area contributed by atoms with Gasteiger partial charge in [-0.2, -0.15) is 5.10 Å². The number of hydrogen-bond acceptors (Lipinski definition) is 3. The summed E-state index contributed by atoms with van der Waals surface area (Å²) in [6.07, 6.45) is 5.62. The fourth-order valence-corrected chi connectivity index (χ4v) is 2.80. The van der Waals surface area contributed by atoms with Crippen LogP contribution in [0.3, 0.4) is 0 Å². The molecule has 0 spiro atoms. The van der Waals surface area contributed by atoms with Gasteiger partial charge in [0.05, 0.1) is 6.04 Å². The topological polar surface area (TPSA) is 53.6 Å². The molecule has 2 N–H and O–H groups in total. The van der Waals surface area contributed by atoms with E-state index in [1.165, 1.54) is 19.3 Å². The normalized spacial score (nSPS) is 32.6. The van der Waals surface area contributed by atoms with Crippen molar-refractivity contribution in [2.24, 2.45) is 11.8 Å². The van der Waals surface area contributed by atoms with Crippen LogP contribution in [0.2, 0.25) is 0 Å². The molecule has 0 bridgehead atoms. The Morgan fingerprint density at radius 2 is 2.06 bits per heavy atom. The highest BCUT2D eigenvalue weighted by atomic mass is 15.2. The average molecular weight is 222 g/mol.